The van der Waals surface area contributed by atoms with Crippen LogP contribution in [0.3, 0.4) is 0 Å². The SMILES string of the molecule is CCN(CC)c1ccc(NCC(O)c2cc(Cl)ccc2OC)cc1.Cl.Cl. The molecule has 2 aromatic rings. The summed E-state index contributed by atoms with van der Waals surface area (Å²) >= 11 is 6.02. The van der Waals surface area contributed by atoms with E-state index in [0.717, 1.165) is 18.8 Å². The van der Waals surface area contributed by atoms with Crippen molar-refractivity contribution < 1.29 is 9.84 Å². The van der Waals surface area contributed by atoms with Gasteiger partial charge < -0.3 is 20.1 Å². The molecule has 0 spiro atoms. The molecule has 0 aliphatic carbocycles. The van der Waals surface area contributed by atoms with Gasteiger partial charge in [-0.3, -0.25) is 0 Å². The topological polar surface area (TPSA) is 44.7 Å². The maximum Gasteiger partial charge on any atom is 0.124 e. The lowest BCUT2D eigenvalue weighted by atomic mass is 10.1. The van der Waals surface area contributed by atoms with Crippen molar-refractivity contribution in [1.29, 1.82) is 0 Å². The molecule has 1 unspecified atom stereocenters. The number of hydrogen-bond donors (Lipinski definition) is 2. The van der Waals surface area contributed by atoms with Crippen molar-refractivity contribution in [2.75, 3.05) is 37.0 Å². The molecule has 0 heterocycles. The second kappa shape index (κ2) is 12.1. The maximum absolute atomic E-state index is 10.4. The molecule has 0 aromatic heterocycles. The first-order chi connectivity index (χ1) is 11.6. The molecule has 0 radical (unpaired) electrons. The first-order valence-electron chi connectivity index (χ1n) is 8.19. The van der Waals surface area contributed by atoms with Crippen LogP contribution >= 0.6 is 36.4 Å². The zero-order chi connectivity index (χ0) is 17.5. The quantitative estimate of drug-likeness (QED) is 0.616. The summed E-state index contributed by atoms with van der Waals surface area (Å²) in [5, 5.41) is 14.3. The molecule has 2 N–H and O–H groups in total. The average Bonchev–Trinajstić information content (AvgIpc) is 2.61. The lowest BCUT2D eigenvalue weighted by molar-refractivity contribution is 0.187. The Kier molecular flexibility index (Phi) is 11.5. The normalized spacial score (nSPS) is 11.0. The van der Waals surface area contributed by atoms with Crippen LogP contribution in [-0.2, 0) is 0 Å². The van der Waals surface area contributed by atoms with Crippen LogP contribution in [0.1, 0.15) is 25.5 Å². The van der Waals surface area contributed by atoms with Gasteiger partial charge in [0, 0.05) is 41.6 Å². The first-order valence-corrected chi connectivity index (χ1v) is 8.57. The van der Waals surface area contributed by atoms with E-state index >= 15 is 0 Å². The summed E-state index contributed by atoms with van der Waals surface area (Å²) in [5.41, 5.74) is 2.84. The van der Waals surface area contributed by atoms with Crippen molar-refractivity contribution in [3.63, 3.8) is 0 Å². The molecule has 1 atom stereocenters. The average molecular weight is 422 g/mol. The van der Waals surface area contributed by atoms with E-state index in [4.69, 9.17) is 16.3 Å². The number of halogens is 3. The van der Waals surface area contributed by atoms with Crippen molar-refractivity contribution in [2.24, 2.45) is 0 Å². The van der Waals surface area contributed by atoms with E-state index in [1.165, 1.54) is 5.69 Å². The van der Waals surface area contributed by atoms with Gasteiger partial charge in [0.2, 0.25) is 0 Å². The second-order valence-corrected chi connectivity index (χ2v) is 5.94. The Bertz CT molecular complexity index is 650. The number of nitrogens with zero attached hydrogens (tertiary/aromatic N) is 1. The molecule has 7 heteroatoms. The van der Waals surface area contributed by atoms with Crippen LogP contribution in [0.25, 0.3) is 0 Å². The molecule has 2 aromatic carbocycles. The highest BCUT2D eigenvalue weighted by atomic mass is 35.5. The lowest BCUT2D eigenvalue weighted by Crippen LogP contribution is -2.21. The summed E-state index contributed by atoms with van der Waals surface area (Å²) in [6.45, 7) is 6.63. The molecule has 0 fully saturated rings. The zero-order valence-corrected chi connectivity index (χ0v) is 17.6. The Labute approximate surface area is 173 Å². The van der Waals surface area contributed by atoms with E-state index in [-0.39, 0.29) is 24.8 Å². The molecule has 146 valence electrons. The minimum absolute atomic E-state index is 0. The number of ether oxygens (including phenoxy) is 1. The van der Waals surface area contributed by atoms with Crippen LogP contribution in [0.4, 0.5) is 11.4 Å². The Hall–Kier alpha value is -1.33. The maximum atomic E-state index is 10.4. The summed E-state index contributed by atoms with van der Waals surface area (Å²) in [6.07, 6.45) is -0.707. The predicted octanol–water partition coefficient (Wildman–Crippen LogP) is 5.18. The van der Waals surface area contributed by atoms with Crippen LogP contribution in [0.2, 0.25) is 5.02 Å². The number of aliphatic hydroxyl groups is 1. The zero-order valence-electron chi connectivity index (χ0n) is 15.2. The van der Waals surface area contributed by atoms with Gasteiger partial charge in [0.15, 0.2) is 0 Å². The number of aliphatic hydroxyl groups excluding tert-OH is 1. The molecule has 0 bridgehead atoms. The third kappa shape index (κ3) is 6.44. The van der Waals surface area contributed by atoms with E-state index in [2.05, 4.69) is 36.2 Å². The molecule has 2 rings (SSSR count). The Morgan fingerprint density at radius 2 is 1.69 bits per heavy atom. The number of hydrogen-bond acceptors (Lipinski definition) is 4. The number of benzene rings is 2. The summed E-state index contributed by atoms with van der Waals surface area (Å²) in [6, 6.07) is 13.5. The second-order valence-electron chi connectivity index (χ2n) is 5.50. The van der Waals surface area contributed by atoms with Gasteiger partial charge in [0.1, 0.15) is 5.75 Å². The van der Waals surface area contributed by atoms with Crippen molar-refractivity contribution >= 4 is 47.8 Å². The lowest BCUT2D eigenvalue weighted by Gasteiger charge is -2.21. The number of rotatable bonds is 8. The van der Waals surface area contributed by atoms with Gasteiger partial charge in [-0.2, -0.15) is 0 Å². The monoisotopic (exact) mass is 420 g/mol. The summed E-state index contributed by atoms with van der Waals surface area (Å²) in [5.74, 6) is 0.630. The predicted molar refractivity (Wildman–Crippen MR) is 116 cm³/mol. The van der Waals surface area contributed by atoms with Gasteiger partial charge in [0.25, 0.3) is 0 Å². The van der Waals surface area contributed by atoms with Gasteiger partial charge in [0.05, 0.1) is 13.2 Å². The Balaban J connectivity index is 0.00000312. The molecule has 26 heavy (non-hydrogen) atoms. The summed E-state index contributed by atoms with van der Waals surface area (Å²) in [7, 11) is 1.58. The third-order valence-electron chi connectivity index (χ3n) is 4.05. The third-order valence-corrected chi connectivity index (χ3v) is 4.28. The van der Waals surface area contributed by atoms with Gasteiger partial charge in [-0.15, -0.1) is 24.8 Å². The summed E-state index contributed by atoms with van der Waals surface area (Å²) < 4.78 is 5.29. The first kappa shape index (κ1) is 24.7. The molecular weight excluding hydrogens is 395 g/mol. The minimum Gasteiger partial charge on any atom is -0.496 e. The molecule has 0 saturated carbocycles. The molecule has 0 saturated heterocycles. The van der Waals surface area contributed by atoms with E-state index in [1.54, 1.807) is 25.3 Å². The molecule has 4 nitrogen and oxygen atoms in total. The molecular formula is C19H27Cl3N2O2. The highest BCUT2D eigenvalue weighted by molar-refractivity contribution is 6.30. The van der Waals surface area contributed by atoms with Gasteiger partial charge >= 0.3 is 0 Å². The fraction of sp³-hybridized carbons (Fsp3) is 0.368. The molecule has 0 aliphatic heterocycles. The van der Waals surface area contributed by atoms with E-state index in [9.17, 15) is 5.11 Å². The number of methoxy groups -OCH3 is 1. The largest absolute Gasteiger partial charge is 0.496 e. The number of anilines is 2. The summed E-state index contributed by atoms with van der Waals surface area (Å²) in [4.78, 5) is 2.29. The van der Waals surface area contributed by atoms with Crippen LogP contribution < -0.4 is 15.0 Å². The van der Waals surface area contributed by atoms with Gasteiger partial charge in [-0.25, -0.2) is 0 Å². The van der Waals surface area contributed by atoms with E-state index in [1.807, 2.05) is 12.1 Å². The molecule has 0 aliphatic rings. The van der Waals surface area contributed by atoms with Gasteiger partial charge in [-0.05, 0) is 56.3 Å². The van der Waals surface area contributed by atoms with Crippen LogP contribution in [0.5, 0.6) is 5.75 Å². The highest BCUT2D eigenvalue weighted by Gasteiger charge is 2.14. The molecule has 0 amide bonds. The van der Waals surface area contributed by atoms with Crippen molar-refractivity contribution in [3.05, 3.63) is 53.1 Å². The Morgan fingerprint density at radius 1 is 1.08 bits per heavy atom. The minimum atomic E-state index is -0.707. The smallest absolute Gasteiger partial charge is 0.124 e. The van der Waals surface area contributed by atoms with E-state index < -0.39 is 6.10 Å². The van der Waals surface area contributed by atoms with Crippen molar-refractivity contribution in [1.82, 2.24) is 0 Å². The van der Waals surface area contributed by atoms with Crippen molar-refractivity contribution in [3.8, 4) is 5.75 Å². The van der Waals surface area contributed by atoms with Crippen LogP contribution in [0.15, 0.2) is 42.5 Å². The highest BCUT2D eigenvalue weighted by Crippen LogP contribution is 2.28. The Morgan fingerprint density at radius 3 is 2.23 bits per heavy atom. The van der Waals surface area contributed by atoms with Gasteiger partial charge in [-0.1, -0.05) is 11.6 Å². The van der Waals surface area contributed by atoms with E-state index in [0.29, 0.717) is 22.9 Å². The fourth-order valence-corrected chi connectivity index (χ4v) is 2.85. The van der Waals surface area contributed by atoms with Crippen molar-refractivity contribution in [2.45, 2.75) is 20.0 Å². The van der Waals surface area contributed by atoms with Crippen LogP contribution in [0, 0.1) is 0 Å². The fourth-order valence-electron chi connectivity index (χ4n) is 2.67. The standard InChI is InChI=1S/C19H25ClN2O2.2ClH/c1-4-22(5-2)16-9-7-15(8-10-16)21-13-18(23)17-12-14(20)6-11-19(17)24-3;;/h6-12,18,21,23H,4-5,13H2,1-3H3;2*1H. The number of nitrogens with one attached hydrogen (secondary N) is 1. The van der Waals surface area contributed by atoms with Crippen LogP contribution in [-0.4, -0.2) is 31.9 Å².